The minimum absolute atomic E-state index is 0. The molecule has 10 nitrogen and oxygen atoms in total. The van der Waals surface area contributed by atoms with Crippen LogP contribution in [-0.2, 0) is 1.88 Å². The van der Waals surface area contributed by atoms with Crippen molar-refractivity contribution in [1.82, 2.24) is 0 Å². The van der Waals surface area contributed by atoms with Crippen LogP contribution < -0.4 is 0 Å². The molecule has 13 heteroatoms. The summed E-state index contributed by atoms with van der Waals surface area (Å²) >= 11 is -2.42. The maximum atomic E-state index is 8.57. The van der Waals surface area contributed by atoms with Crippen LogP contribution in [0.15, 0.2) is 0 Å². The Morgan fingerprint density at radius 3 is 0.786 bits per heavy atom. The SMILES string of the molecule is O.O.O.O.O.O.OCO.[Ce].[O]=[Ce]=[O].[Pb+2]. The van der Waals surface area contributed by atoms with E-state index >= 15 is 0 Å². The molecule has 0 saturated heterocycles. The predicted molar refractivity (Wildman–Crippen MR) is 38.1 cm³/mol. The quantitative estimate of drug-likeness (QED) is 0.187. The molecule has 14 N–H and O–H groups in total. The van der Waals surface area contributed by atoms with E-state index < -0.39 is 44.6 Å². The van der Waals surface area contributed by atoms with E-state index in [0.29, 0.717) is 0 Å². The fraction of sp³-hybridized carbons (Fsp3) is 1.00. The van der Waals surface area contributed by atoms with Gasteiger partial charge in [-0.05, 0) is 0 Å². The number of hydrogen-bond donors (Lipinski definition) is 2. The Balaban J connectivity index is -0.00000000182. The molecule has 0 aliphatic carbocycles. The Morgan fingerprint density at radius 1 is 0.786 bits per heavy atom. The fourth-order valence-electron chi connectivity index (χ4n) is 0. The van der Waals surface area contributed by atoms with E-state index in [1.165, 1.54) is 0 Å². The minimum atomic E-state index is -2.42. The van der Waals surface area contributed by atoms with Gasteiger partial charge in [0, 0.05) is 41.7 Å². The van der Waals surface area contributed by atoms with Gasteiger partial charge in [-0.2, -0.15) is 0 Å². The first-order chi connectivity index (χ1) is 2.83. The normalized spacial score (nSPS) is 1.86. The molecule has 0 aliphatic rings. The Morgan fingerprint density at radius 2 is 0.786 bits per heavy atom. The van der Waals surface area contributed by atoms with Gasteiger partial charge in [0.1, 0.15) is 6.79 Å². The summed E-state index contributed by atoms with van der Waals surface area (Å²) in [5.41, 5.74) is 0. The van der Waals surface area contributed by atoms with Gasteiger partial charge in [-0.3, -0.25) is 0 Å². The third-order valence-corrected chi connectivity index (χ3v) is 0. The van der Waals surface area contributed by atoms with E-state index in [4.69, 9.17) is 12.1 Å². The Labute approximate surface area is 155 Å². The van der Waals surface area contributed by atoms with E-state index in [9.17, 15) is 0 Å². The van der Waals surface area contributed by atoms with Gasteiger partial charge >= 0.3 is 67.0 Å². The van der Waals surface area contributed by atoms with Crippen molar-refractivity contribution in [1.29, 1.82) is 0 Å². The fourth-order valence-corrected chi connectivity index (χ4v) is 0. The van der Waals surface area contributed by atoms with E-state index in [1.54, 1.807) is 0 Å². The number of aliphatic hydroxyl groups excluding tert-OH is 1. The average molecular weight is 676 g/mol. The molecule has 14 heavy (non-hydrogen) atoms. The molecule has 0 rings (SSSR count). The summed E-state index contributed by atoms with van der Waals surface area (Å²) < 4.78 is 17.1. The number of rotatable bonds is 0. The molecule has 0 spiro atoms. The summed E-state index contributed by atoms with van der Waals surface area (Å²) in [6.45, 7) is -0.750. The van der Waals surface area contributed by atoms with E-state index in [2.05, 4.69) is 0 Å². The van der Waals surface area contributed by atoms with Gasteiger partial charge in [-0.15, -0.1) is 0 Å². The Kier molecular flexibility index (Phi) is 926. The third-order valence-electron chi connectivity index (χ3n) is 0. The molecule has 2 radical (unpaired) electrons. The predicted octanol–water partition coefficient (Wildman–Crippen LogP) is -6.64. The molecule has 0 atom stereocenters. The molecular weight excluding hydrogens is 659 g/mol. The van der Waals surface area contributed by atoms with Gasteiger partial charge in [0.25, 0.3) is 0 Å². The molecule has 0 saturated carbocycles. The largest absolute Gasteiger partial charge is 2.00 e. The summed E-state index contributed by atoms with van der Waals surface area (Å²) in [6, 6.07) is 0. The van der Waals surface area contributed by atoms with Crippen molar-refractivity contribution in [3.63, 3.8) is 0 Å². The van der Waals surface area contributed by atoms with Crippen molar-refractivity contribution in [2.75, 3.05) is 6.79 Å². The summed E-state index contributed by atoms with van der Waals surface area (Å²) in [5, 5.41) is 14.2. The van der Waals surface area contributed by atoms with Crippen LogP contribution in [0.4, 0.5) is 0 Å². The second-order valence-corrected chi connectivity index (χ2v) is 0.748. The minimum Gasteiger partial charge on any atom is 2.00 e. The molecule has 0 aromatic heterocycles. The second kappa shape index (κ2) is 145. The average Bonchev–Trinajstić information content (AvgIpc) is 1.39. The standard InChI is InChI=1S/CH4O2.2Ce.6H2O.2O.Pb/c2-1-3;;;;;;;;;;;/h2-3H,1H2;;;6*1H2;;;/q;;;;;;;;;;;+2. The van der Waals surface area contributed by atoms with Crippen LogP contribution in [0.5, 0.6) is 0 Å². The molecule has 0 aromatic rings. The van der Waals surface area contributed by atoms with Crippen LogP contribution in [0.25, 0.3) is 0 Å². The summed E-state index contributed by atoms with van der Waals surface area (Å²) in [7, 11) is 0. The van der Waals surface area contributed by atoms with Crippen molar-refractivity contribution in [3.8, 4) is 0 Å². The van der Waals surface area contributed by atoms with Gasteiger partial charge in [0.05, 0.1) is 0 Å². The molecule has 0 fully saturated rings. The zero-order valence-corrected chi connectivity index (χ0v) is 17.1. The van der Waals surface area contributed by atoms with Crippen molar-refractivity contribution in [2.24, 2.45) is 0 Å². The molecule has 0 unspecified atom stereocenters. The van der Waals surface area contributed by atoms with E-state index in [0.717, 1.165) is 0 Å². The smallest absolute Gasteiger partial charge is 2.00 e. The van der Waals surface area contributed by atoms with Crippen molar-refractivity contribution in [2.45, 2.75) is 0 Å². The maximum Gasteiger partial charge on any atom is 2.00 e. The van der Waals surface area contributed by atoms with Crippen molar-refractivity contribution >= 4 is 27.3 Å². The zero-order valence-electron chi connectivity index (χ0n) is 6.92. The molecular formula is CH16Ce2O10Pb+2. The van der Waals surface area contributed by atoms with Crippen LogP contribution >= 0.6 is 0 Å². The second-order valence-electron chi connectivity index (χ2n) is 0.225. The van der Waals surface area contributed by atoms with Crippen LogP contribution in [0.2, 0.25) is 0 Å². The topological polar surface area (TPSA) is 264 Å². The number of aliphatic hydroxyl groups is 2. The zero-order chi connectivity index (χ0) is 5.41. The number of hydrogen-bond acceptors (Lipinski definition) is 4. The van der Waals surface area contributed by atoms with Crippen LogP contribution in [0.3, 0.4) is 0 Å². The molecule has 0 aliphatic heterocycles. The maximum absolute atomic E-state index is 8.57. The van der Waals surface area contributed by atoms with Crippen LogP contribution in [0.1, 0.15) is 0 Å². The summed E-state index contributed by atoms with van der Waals surface area (Å²) in [6.07, 6.45) is 0. The molecule has 0 bridgehead atoms. The van der Waals surface area contributed by atoms with Gasteiger partial charge in [-0.1, -0.05) is 0 Å². The van der Waals surface area contributed by atoms with Gasteiger partial charge in [-0.25, -0.2) is 0 Å². The van der Waals surface area contributed by atoms with Crippen molar-refractivity contribution < 1.29 is 124 Å². The molecule has 0 amide bonds. The van der Waals surface area contributed by atoms with Crippen molar-refractivity contribution in [3.05, 3.63) is 0 Å². The first-order valence-electron chi connectivity index (χ1n) is 1.04. The molecule has 0 heterocycles. The molecule has 0 aromatic carbocycles. The molecule has 90 valence electrons. The van der Waals surface area contributed by atoms with Gasteiger partial charge in [0.2, 0.25) is 0 Å². The first kappa shape index (κ1) is 89.2. The van der Waals surface area contributed by atoms with E-state index in [-0.39, 0.29) is 102 Å². The summed E-state index contributed by atoms with van der Waals surface area (Å²) in [4.78, 5) is 0. The van der Waals surface area contributed by atoms with Gasteiger partial charge in [0.15, 0.2) is 0 Å². The van der Waals surface area contributed by atoms with E-state index in [1.807, 2.05) is 0 Å². The van der Waals surface area contributed by atoms with Crippen LogP contribution in [-0.4, -0.2) is 77.2 Å². The summed E-state index contributed by atoms with van der Waals surface area (Å²) in [5.74, 6) is 0. The van der Waals surface area contributed by atoms with Crippen LogP contribution in [0, 0.1) is 79.5 Å². The van der Waals surface area contributed by atoms with Gasteiger partial charge < -0.3 is 43.1 Å². The first-order valence-corrected chi connectivity index (χ1v) is 3.60. The monoisotopic (exact) mass is 676 g/mol. The Hall–Kier alpha value is 2.96. The Bertz CT molecular complexity index is 47.4. The third kappa shape index (κ3) is 333.